The van der Waals surface area contributed by atoms with Gasteiger partial charge in [0.25, 0.3) is 0 Å². The lowest BCUT2D eigenvalue weighted by Crippen LogP contribution is -2.60. The Hall–Kier alpha value is -2.96. The van der Waals surface area contributed by atoms with Gasteiger partial charge in [-0.15, -0.1) is 0 Å². The lowest BCUT2D eigenvalue weighted by Gasteiger charge is -2.50. The summed E-state index contributed by atoms with van der Waals surface area (Å²) < 4.78 is 7.78. The van der Waals surface area contributed by atoms with Crippen LogP contribution in [0.25, 0.3) is 16.9 Å². The fourth-order valence-electron chi connectivity index (χ4n) is 4.85. The van der Waals surface area contributed by atoms with Gasteiger partial charge >= 0.3 is 5.97 Å². The van der Waals surface area contributed by atoms with E-state index in [1.54, 1.807) is 0 Å². The van der Waals surface area contributed by atoms with Crippen LogP contribution in [0.15, 0.2) is 60.7 Å². The van der Waals surface area contributed by atoms with Crippen molar-refractivity contribution in [3.05, 3.63) is 71.9 Å². The van der Waals surface area contributed by atoms with E-state index in [1.165, 1.54) is 5.06 Å². The van der Waals surface area contributed by atoms with E-state index in [4.69, 9.17) is 9.84 Å². The van der Waals surface area contributed by atoms with Crippen LogP contribution in [0.1, 0.15) is 56.6 Å². The molecule has 0 radical (unpaired) electrons. The van der Waals surface area contributed by atoms with Crippen LogP contribution in [0.5, 0.6) is 0 Å². The van der Waals surface area contributed by atoms with E-state index in [9.17, 15) is 10.0 Å². The number of esters is 1. The van der Waals surface area contributed by atoms with Gasteiger partial charge in [0.15, 0.2) is 5.69 Å². The monoisotopic (exact) mass is 433 g/mol. The number of carbonyl (C=O) groups is 1. The maximum absolute atomic E-state index is 13.3. The van der Waals surface area contributed by atoms with Crippen molar-refractivity contribution in [1.29, 1.82) is 0 Å². The highest BCUT2D eigenvalue weighted by Gasteiger charge is 2.46. The van der Waals surface area contributed by atoms with E-state index >= 15 is 0 Å². The molecule has 1 fully saturated rings. The van der Waals surface area contributed by atoms with Gasteiger partial charge < -0.3 is 9.94 Å². The Kier molecular flexibility index (Phi) is 5.69. The van der Waals surface area contributed by atoms with Gasteiger partial charge in [-0.3, -0.25) is 0 Å². The number of carbonyl (C=O) groups excluding carboxylic acids is 1. The molecule has 3 aromatic rings. The van der Waals surface area contributed by atoms with Crippen molar-refractivity contribution in [2.75, 3.05) is 0 Å². The number of benzene rings is 2. The zero-order valence-corrected chi connectivity index (χ0v) is 19.4. The second-order valence-electron chi connectivity index (χ2n) is 9.81. The van der Waals surface area contributed by atoms with Crippen LogP contribution in [0.3, 0.4) is 0 Å². The van der Waals surface area contributed by atoms with Crippen molar-refractivity contribution < 1.29 is 14.7 Å². The van der Waals surface area contributed by atoms with Gasteiger partial charge in [0, 0.05) is 35.0 Å². The topological polar surface area (TPSA) is 67.6 Å². The normalized spacial score (nSPS) is 18.4. The molecule has 2 heterocycles. The molecule has 0 spiro atoms. The molecular formula is C26H31N3O3. The minimum absolute atomic E-state index is 0.308. The van der Waals surface area contributed by atoms with Crippen LogP contribution in [-0.4, -0.2) is 43.2 Å². The number of para-hydroxylation sites is 1. The summed E-state index contributed by atoms with van der Waals surface area (Å²) in [5.74, 6) is -0.433. The van der Waals surface area contributed by atoms with Gasteiger partial charge in [0.2, 0.25) is 0 Å². The van der Waals surface area contributed by atoms with E-state index in [0.29, 0.717) is 18.5 Å². The summed E-state index contributed by atoms with van der Waals surface area (Å²) in [6, 6.07) is 19.7. The van der Waals surface area contributed by atoms with Crippen molar-refractivity contribution in [3.63, 3.8) is 0 Å². The molecule has 1 saturated heterocycles. The summed E-state index contributed by atoms with van der Waals surface area (Å²) in [5, 5.41) is 16.6. The second-order valence-corrected chi connectivity index (χ2v) is 9.81. The van der Waals surface area contributed by atoms with Crippen LogP contribution < -0.4 is 0 Å². The first-order chi connectivity index (χ1) is 15.1. The number of hydrogen-bond acceptors (Lipinski definition) is 5. The minimum Gasteiger partial charge on any atom is -0.457 e. The highest BCUT2D eigenvalue weighted by molar-refractivity contribution is 5.91. The van der Waals surface area contributed by atoms with E-state index in [-0.39, 0.29) is 6.10 Å². The van der Waals surface area contributed by atoms with Gasteiger partial charge in [-0.1, -0.05) is 48.5 Å². The molecule has 168 valence electrons. The van der Waals surface area contributed by atoms with Crippen LogP contribution in [-0.2, 0) is 4.74 Å². The Morgan fingerprint density at radius 2 is 1.50 bits per heavy atom. The number of hydroxylamine groups is 2. The van der Waals surface area contributed by atoms with Gasteiger partial charge in [0.05, 0.1) is 11.4 Å². The zero-order chi connectivity index (χ0) is 23.1. The molecule has 1 aromatic heterocycles. The van der Waals surface area contributed by atoms with Crippen molar-refractivity contribution in [1.82, 2.24) is 14.8 Å². The Bertz CT molecular complexity index is 1090. The predicted octanol–water partition coefficient (Wildman–Crippen LogP) is 5.42. The average molecular weight is 434 g/mol. The summed E-state index contributed by atoms with van der Waals surface area (Å²) in [6.07, 6.45) is 0.781. The Labute approximate surface area is 189 Å². The molecule has 0 unspecified atom stereocenters. The number of ether oxygens (including phenoxy) is 1. The third-order valence-corrected chi connectivity index (χ3v) is 6.24. The zero-order valence-electron chi connectivity index (χ0n) is 19.4. The molecule has 2 aromatic carbocycles. The molecule has 0 amide bonds. The molecule has 0 aliphatic carbocycles. The molecule has 1 aliphatic rings. The van der Waals surface area contributed by atoms with Crippen molar-refractivity contribution in [2.45, 2.75) is 64.6 Å². The smallest absolute Gasteiger partial charge is 0.359 e. The average Bonchev–Trinajstić information content (AvgIpc) is 3.10. The summed E-state index contributed by atoms with van der Waals surface area (Å²) >= 11 is 0. The van der Waals surface area contributed by atoms with E-state index in [2.05, 4.69) is 0 Å². The van der Waals surface area contributed by atoms with Gasteiger partial charge in [0.1, 0.15) is 6.10 Å². The first kappa shape index (κ1) is 22.2. The SMILES string of the molecule is Cc1c(C(=O)OC2CC(C)(C)N(O)C(C)(C)C2)nn(-c2ccccc2)c1-c1ccccc1. The Morgan fingerprint density at radius 1 is 0.969 bits per heavy atom. The third-order valence-electron chi connectivity index (χ3n) is 6.24. The highest BCUT2D eigenvalue weighted by atomic mass is 16.5. The number of aromatic nitrogens is 2. The van der Waals surface area contributed by atoms with Gasteiger partial charge in [-0.05, 0) is 46.8 Å². The van der Waals surface area contributed by atoms with E-state index in [1.807, 2.05) is 100.0 Å². The first-order valence-electron chi connectivity index (χ1n) is 11.0. The molecule has 1 N–H and O–H groups in total. The standard InChI is InChI=1S/C26H31N3O3/c1-18-22(24(30)32-21-16-25(2,3)29(31)26(4,5)17-21)27-28(20-14-10-7-11-15-20)23(18)19-12-8-6-9-13-19/h6-15,21,31H,16-17H2,1-5H3. The van der Waals surface area contributed by atoms with Crippen molar-refractivity contribution in [3.8, 4) is 16.9 Å². The maximum Gasteiger partial charge on any atom is 0.359 e. The number of rotatable bonds is 4. The van der Waals surface area contributed by atoms with E-state index in [0.717, 1.165) is 22.5 Å². The predicted molar refractivity (Wildman–Crippen MR) is 124 cm³/mol. The molecule has 0 bridgehead atoms. The highest BCUT2D eigenvalue weighted by Crippen LogP contribution is 2.38. The lowest BCUT2D eigenvalue weighted by atomic mass is 9.80. The number of nitrogens with zero attached hydrogens (tertiary/aromatic N) is 3. The molecule has 4 rings (SSSR count). The maximum atomic E-state index is 13.3. The summed E-state index contributed by atoms with van der Waals surface area (Å²) in [6.45, 7) is 9.74. The molecule has 0 atom stereocenters. The molecule has 6 nitrogen and oxygen atoms in total. The largest absolute Gasteiger partial charge is 0.457 e. The Morgan fingerprint density at radius 3 is 2.06 bits per heavy atom. The third kappa shape index (κ3) is 4.08. The van der Waals surface area contributed by atoms with Crippen LogP contribution in [0, 0.1) is 6.92 Å². The molecule has 6 heteroatoms. The minimum atomic E-state index is -0.500. The summed E-state index contributed by atoms with van der Waals surface area (Å²) in [4.78, 5) is 13.3. The van der Waals surface area contributed by atoms with Crippen molar-refractivity contribution in [2.24, 2.45) is 0 Å². The molecule has 1 aliphatic heterocycles. The van der Waals surface area contributed by atoms with Gasteiger partial charge in [-0.25, -0.2) is 9.48 Å². The number of piperidine rings is 1. The first-order valence-corrected chi connectivity index (χ1v) is 11.0. The number of hydrogen-bond donors (Lipinski definition) is 1. The molecular weight excluding hydrogens is 402 g/mol. The molecule has 32 heavy (non-hydrogen) atoms. The van der Waals surface area contributed by atoms with Crippen LogP contribution in [0.2, 0.25) is 0 Å². The Balaban J connectivity index is 1.70. The summed E-state index contributed by atoms with van der Waals surface area (Å²) in [5.41, 5.74) is 2.83. The van der Waals surface area contributed by atoms with Crippen LogP contribution in [0.4, 0.5) is 0 Å². The fourth-order valence-corrected chi connectivity index (χ4v) is 4.85. The van der Waals surface area contributed by atoms with E-state index < -0.39 is 17.0 Å². The quantitative estimate of drug-likeness (QED) is 0.557. The van der Waals surface area contributed by atoms with Gasteiger partial charge in [-0.2, -0.15) is 10.2 Å². The second kappa shape index (κ2) is 8.19. The fraction of sp³-hybridized carbons (Fsp3) is 0.385. The molecule has 0 saturated carbocycles. The van der Waals surface area contributed by atoms with Crippen molar-refractivity contribution >= 4 is 5.97 Å². The van der Waals surface area contributed by atoms with Crippen LogP contribution >= 0.6 is 0 Å². The summed E-state index contributed by atoms with van der Waals surface area (Å²) in [7, 11) is 0. The lowest BCUT2D eigenvalue weighted by molar-refractivity contribution is -0.256.